The van der Waals surface area contributed by atoms with Gasteiger partial charge >= 0.3 is 0 Å². The van der Waals surface area contributed by atoms with Crippen molar-refractivity contribution in [3.8, 4) is 5.69 Å². The van der Waals surface area contributed by atoms with E-state index in [4.69, 9.17) is 5.73 Å². The van der Waals surface area contributed by atoms with E-state index in [1.807, 2.05) is 24.3 Å². The Labute approximate surface area is 116 Å². The normalized spacial score (nSPS) is 14.6. The van der Waals surface area contributed by atoms with Gasteiger partial charge in [-0.1, -0.05) is 12.1 Å². The van der Waals surface area contributed by atoms with Crippen LogP contribution in [0.3, 0.4) is 0 Å². The lowest BCUT2D eigenvalue weighted by molar-refractivity contribution is 0.144. The van der Waals surface area contributed by atoms with Crippen LogP contribution in [0.5, 0.6) is 0 Å². The lowest BCUT2D eigenvalue weighted by atomic mass is 9.95. The van der Waals surface area contributed by atoms with Crippen molar-refractivity contribution in [2.45, 2.75) is 38.7 Å². The Bertz CT molecular complexity index is 602. The summed E-state index contributed by atoms with van der Waals surface area (Å²) in [6.07, 6.45) is 1.00. The topological polar surface area (TPSA) is 43.8 Å². The quantitative estimate of drug-likeness (QED) is 0.936. The van der Waals surface area contributed by atoms with Crippen LogP contribution in [0.15, 0.2) is 24.3 Å². The average Bonchev–Trinajstić information content (AvgIpc) is 2.87. The first-order valence-electron chi connectivity index (χ1n) is 6.89. The molecule has 1 heterocycles. The third kappa shape index (κ3) is 2.22. The van der Waals surface area contributed by atoms with Gasteiger partial charge in [0.15, 0.2) is 0 Å². The van der Waals surface area contributed by atoms with Gasteiger partial charge in [-0.25, -0.2) is 13.5 Å². The van der Waals surface area contributed by atoms with Gasteiger partial charge in [-0.15, -0.1) is 0 Å². The zero-order chi connectivity index (χ0) is 14.1. The number of benzene rings is 1. The van der Waals surface area contributed by atoms with E-state index in [0.717, 1.165) is 41.8 Å². The molecule has 0 saturated heterocycles. The maximum absolute atomic E-state index is 13.1. The molecule has 1 aliphatic carbocycles. The molecule has 1 aromatic carbocycles. The van der Waals surface area contributed by atoms with E-state index < -0.39 is 6.43 Å². The summed E-state index contributed by atoms with van der Waals surface area (Å²) in [5.74, 6) is 0. The molecule has 5 heteroatoms. The van der Waals surface area contributed by atoms with Crippen LogP contribution in [0.4, 0.5) is 8.78 Å². The van der Waals surface area contributed by atoms with E-state index in [2.05, 4.69) is 5.10 Å². The number of alkyl halides is 2. The highest BCUT2D eigenvalue weighted by atomic mass is 19.3. The molecule has 106 valence electrons. The van der Waals surface area contributed by atoms with Gasteiger partial charge in [0.05, 0.1) is 5.69 Å². The lowest BCUT2D eigenvalue weighted by Crippen LogP contribution is -2.08. The van der Waals surface area contributed by atoms with E-state index in [-0.39, 0.29) is 5.69 Å². The molecule has 0 bridgehead atoms. The molecule has 0 amide bonds. The van der Waals surface area contributed by atoms with Gasteiger partial charge in [-0.05, 0) is 43.4 Å². The molecule has 2 N–H and O–H groups in total. The van der Waals surface area contributed by atoms with Gasteiger partial charge in [0.2, 0.25) is 0 Å². The van der Waals surface area contributed by atoms with Crippen molar-refractivity contribution in [2.75, 3.05) is 0 Å². The standard InChI is InChI=1S/C15H17F2N3/c16-15(17)14-12-3-1-2-4-13(12)20(19-14)11-7-5-10(9-18)6-8-11/h5-8,15H,1-4,9,18H2. The van der Waals surface area contributed by atoms with Crippen LogP contribution in [-0.4, -0.2) is 9.78 Å². The van der Waals surface area contributed by atoms with Crippen molar-refractivity contribution < 1.29 is 8.78 Å². The number of rotatable bonds is 3. The number of hydrogen-bond donors (Lipinski definition) is 1. The second-order valence-electron chi connectivity index (χ2n) is 5.10. The van der Waals surface area contributed by atoms with Crippen LogP contribution in [0, 0.1) is 0 Å². The smallest absolute Gasteiger partial charge is 0.282 e. The molecule has 0 unspecified atom stereocenters. The summed E-state index contributed by atoms with van der Waals surface area (Å²) < 4.78 is 27.9. The Morgan fingerprint density at radius 1 is 1.15 bits per heavy atom. The van der Waals surface area contributed by atoms with Crippen molar-refractivity contribution in [3.63, 3.8) is 0 Å². The predicted molar refractivity (Wildman–Crippen MR) is 73.1 cm³/mol. The minimum Gasteiger partial charge on any atom is -0.326 e. The minimum atomic E-state index is -2.51. The molecule has 0 atom stereocenters. The second kappa shape index (κ2) is 5.32. The Morgan fingerprint density at radius 2 is 1.85 bits per heavy atom. The maximum Gasteiger partial charge on any atom is 0.282 e. The molecule has 0 radical (unpaired) electrons. The van der Waals surface area contributed by atoms with Gasteiger partial charge in [-0.2, -0.15) is 5.10 Å². The van der Waals surface area contributed by atoms with E-state index in [0.29, 0.717) is 13.0 Å². The van der Waals surface area contributed by atoms with Crippen LogP contribution in [0.2, 0.25) is 0 Å². The first kappa shape index (κ1) is 13.2. The van der Waals surface area contributed by atoms with Crippen molar-refractivity contribution in [2.24, 2.45) is 5.73 Å². The average molecular weight is 277 g/mol. The van der Waals surface area contributed by atoms with E-state index in [1.54, 1.807) is 4.68 Å². The summed E-state index contributed by atoms with van der Waals surface area (Å²) in [5.41, 5.74) is 9.04. The summed E-state index contributed by atoms with van der Waals surface area (Å²) in [4.78, 5) is 0. The predicted octanol–water partition coefficient (Wildman–Crippen LogP) is 3.15. The van der Waals surface area contributed by atoms with Crippen LogP contribution >= 0.6 is 0 Å². The van der Waals surface area contributed by atoms with Gasteiger partial charge in [0.1, 0.15) is 5.69 Å². The van der Waals surface area contributed by atoms with Gasteiger partial charge in [0, 0.05) is 17.8 Å². The molecular weight excluding hydrogens is 260 g/mol. The summed E-state index contributed by atoms with van der Waals surface area (Å²) >= 11 is 0. The molecule has 0 spiro atoms. The summed E-state index contributed by atoms with van der Waals surface area (Å²) in [6.45, 7) is 0.472. The maximum atomic E-state index is 13.1. The van der Waals surface area contributed by atoms with E-state index in [9.17, 15) is 8.78 Å². The molecule has 3 nitrogen and oxygen atoms in total. The highest BCUT2D eigenvalue weighted by Crippen LogP contribution is 2.31. The number of nitrogens with two attached hydrogens (primary N) is 1. The molecule has 1 aliphatic rings. The summed E-state index contributed by atoms with van der Waals surface area (Å²) in [7, 11) is 0. The fourth-order valence-corrected chi connectivity index (χ4v) is 2.79. The first-order valence-corrected chi connectivity index (χ1v) is 6.89. The van der Waals surface area contributed by atoms with Crippen LogP contribution in [-0.2, 0) is 19.4 Å². The second-order valence-corrected chi connectivity index (χ2v) is 5.10. The highest BCUT2D eigenvalue weighted by Gasteiger charge is 2.26. The molecule has 20 heavy (non-hydrogen) atoms. The molecule has 0 aliphatic heterocycles. The zero-order valence-electron chi connectivity index (χ0n) is 11.1. The fraction of sp³-hybridized carbons (Fsp3) is 0.400. The number of fused-ring (bicyclic) bond motifs is 1. The minimum absolute atomic E-state index is 0.0531. The van der Waals surface area contributed by atoms with E-state index in [1.165, 1.54) is 0 Å². The largest absolute Gasteiger partial charge is 0.326 e. The van der Waals surface area contributed by atoms with Gasteiger partial charge < -0.3 is 5.73 Å². The number of hydrogen-bond acceptors (Lipinski definition) is 2. The fourth-order valence-electron chi connectivity index (χ4n) is 2.79. The highest BCUT2D eigenvalue weighted by molar-refractivity contribution is 5.40. The van der Waals surface area contributed by atoms with Crippen LogP contribution < -0.4 is 5.73 Å². The molecule has 3 rings (SSSR count). The molecule has 0 saturated carbocycles. The monoisotopic (exact) mass is 277 g/mol. The Kier molecular flexibility index (Phi) is 3.53. The Balaban J connectivity index is 2.08. The van der Waals surface area contributed by atoms with Gasteiger partial charge in [0.25, 0.3) is 6.43 Å². The zero-order valence-corrected chi connectivity index (χ0v) is 11.1. The van der Waals surface area contributed by atoms with Gasteiger partial charge in [-0.3, -0.25) is 0 Å². The molecule has 1 aromatic heterocycles. The molecular formula is C15H17F2N3. The first-order chi connectivity index (χ1) is 9.70. The van der Waals surface area contributed by atoms with Crippen molar-refractivity contribution >= 4 is 0 Å². The number of aromatic nitrogens is 2. The van der Waals surface area contributed by atoms with Crippen molar-refractivity contribution in [1.29, 1.82) is 0 Å². The number of halogens is 2. The van der Waals surface area contributed by atoms with Crippen LogP contribution in [0.1, 0.15) is 41.8 Å². The number of nitrogens with zero attached hydrogens (tertiary/aromatic N) is 2. The van der Waals surface area contributed by atoms with Crippen molar-refractivity contribution in [1.82, 2.24) is 9.78 Å². The third-order valence-corrected chi connectivity index (χ3v) is 3.83. The molecule has 2 aromatic rings. The SMILES string of the molecule is NCc1ccc(-n2nc(C(F)F)c3c2CCCC3)cc1. The molecule has 0 fully saturated rings. The van der Waals surface area contributed by atoms with E-state index >= 15 is 0 Å². The summed E-state index contributed by atoms with van der Waals surface area (Å²) in [5, 5.41) is 4.15. The Hall–Kier alpha value is -1.75. The lowest BCUT2D eigenvalue weighted by Gasteiger charge is -2.14. The van der Waals surface area contributed by atoms with Crippen LogP contribution in [0.25, 0.3) is 5.69 Å². The van der Waals surface area contributed by atoms with Crippen molar-refractivity contribution in [3.05, 3.63) is 46.8 Å². The Morgan fingerprint density at radius 3 is 2.50 bits per heavy atom. The summed E-state index contributed by atoms with van der Waals surface area (Å²) in [6, 6.07) is 7.60. The third-order valence-electron chi connectivity index (χ3n) is 3.83.